The van der Waals surface area contributed by atoms with E-state index in [9.17, 15) is 4.39 Å². The zero-order chi connectivity index (χ0) is 12.9. The Morgan fingerprint density at radius 3 is 2.82 bits per heavy atom. The molecule has 1 rings (SSSR count). The highest BCUT2D eigenvalue weighted by atomic mass is 19.1. The topological polar surface area (TPSA) is 45.0 Å². The minimum absolute atomic E-state index is 0.317. The van der Waals surface area contributed by atoms with Crippen LogP contribution in [0.5, 0.6) is 5.75 Å². The third-order valence-electron chi connectivity index (χ3n) is 2.81. The minimum Gasteiger partial charge on any atom is -0.493 e. The molecule has 1 N–H and O–H groups in total. The number of nitriles is 1. The number of aryl methyl sites for hydroxylation is 1. The highest BCUT2D eigenvalue weighted by molar-refractivity contribution is 5.32. The minimum atomic E-state index is -0.610. The monoisotopic (exact) mass is 236 g/mol. The molecule has 0 fully saturated rings. The van der Waals surface area contributed by atoms with Gasteiger partial charge >= 0.3 is 0 Å². The quantitative estimate of drug-likeness (QED) is 0.853. The Bertz CT molecular complexity index is 428. The van der Waals surface area contributed by atoms with Crippen molar-refractivity contribution >= 4 is 0 Å². The van der Waals surface area contributed by atoms with E-state index in [4.69, 9.17) is 10.00 Å². The molecule has 1 aromatic carbocycles. The largest absolute Gasteiger partial charge is 0.493 e. The van der Waals surface area contributed by atoms with Crippen molar-refractivity contribution in [2.24, 2.45) is 0 Å². The number of ether oxygens (including phenoxy) is 1. The average molecular weight is 236 g/mol. The fourth-order valence-corrected chi connectivity index (χ4v) is 1.33. The smallest absolute Gasteiger partial charge is 0.126 e. The highest BCUT2D eigenvalue weighted by Crippen LogP contribution is 2.19. The molecule has 0 aromatic heterocycles. The third-order valence-corrected chi connectivity index (χ3v) is 2.81. The van der Waals surface area contributed by atoms with Crippen molar-refractivity contribution in [3.05, 3.63) is 29.6 Å². The maximum Gasteiger partial charge on any atom is 0.126 e. The summed E-state index contributed by atoms with van der Waals surface area (Å²) < 4.78 is 18.5. The van der Waals surface area contributed by atoms with Gasteiger partial charge < -0.3 is 10.1 Å². The Labute approximate surface area is 101 Å². The van der Waals surface area contributed by atoms with Crippen LogP contribution in [0.25, 0.3) is 0 Å². The van der Waals surface area contributed by atoms with Gasteiger partial charge in [-0.25, -0.2) is 4.39 Å². The van der Waals surface area contributed by atoms with Crippen molar-refractivity contribution in [3.63, 3.8) is 0 Å². The van der Waals surface area contributed by atoms with E-state index in [1.54, 1.807) is 20.0 Å². The van der Waals surface area contributed by atoms with E-state index in [2.05, 4.69) is 11.4 Å². The van der Waals surface area contributed by atoms with Crippen molar-refractivity contribution < 1.29 is 9.13 Å². The van der Waals surface area contributed by atoms with E-state index in [0.29, 0.717) is 18.8 Å². The van der Waals surface area contributed by atoms with Gasteiger partial charge in [0.1, 0.15) is 17.1 Å². The van der Waals surface area contributed by atoms with Crippen LogP contribution in [-0.2, 0) is 0 Å². The van der Waals surface area contributed by atoms with E-state index < -0.39 is 5.54 Å². The van der Waals surface area contributed by atoms with Crippen LogP contribution in [0, 0.1) is 24.1 Å². The molecule has 1 unspecified atom stereocenters. The summed E-state index contributed by atoms with van der Waals surface area (Å²) in [4.78, 5) is 0. The van der Waals surface area contributed by atoms with Crippen molar-refractivity contribution in [1.29, 1.82) is 5.26 Å². The maximum absolute atomic E-state index is 13.0. The van der Waals surface area contributed by atoms with Crippen LogP contribution >= 0.6 is 0 Å². The molecule has 17 heavy (non-hydrogen) atoms. The molecule has 0 aliphatic heterocycles. The van der Waals surface area contributed by atoms with Crippen LogP contribution in [0.4, 0.5) is 4.39 Å². The summed E-state index contributed by atoms with van der Waals surface area (Å²) in [5, 5.41) is 11.9. The lowest BCUT2D eigenvalue weighted by Gasteiger charge is -2.20. The van der Waals surface area contributed by atoms with Crippen LogP contribution in [0.2, 0.25) is 0 Å². The molecule has 1 atom stereocenters. The molecular formula is C13H17FN2O. The van der Waals surface area contributed by atoms with E-state index in [0.717, 1.165) is 5.56 Å². The molecule has 0 aliphatic rings. The maximum atomic E-state index is 13.0. The van der Waals surface area contributed by atoms with E-state index in [-0.39, 0.29) is 5.82 Å². The second-order valence-corrected chi connectivity index (χ2v) is 4.20. The molecule has 1 aromatic rings. The molecule has 0 heterocycles. The molecule has 0 spiro atoms. The van der Waals surface area contributed by atoms with E-state index >= 15 is 0 Å². The van der Waals surface area contributed by atoms with Gasteiger partial charge in [-0.05, 0) is 32.5 Å². The van der Waals surface area contributed by atoms with Gasteiger partial charge in [-0.2, -0.15) is 5.26 Å². The molecule has 0 saturated carbocycles. The number of benzene rings is 1. The van der Waals surface area contributed by atoms with Gasteiger partial charge in [0, 0.05) is 12.5 Å². The van der Waals surface area contributed by atoms with Crippen molar-refractivity contribution in [2.45, 2.75) is 25.8 Å². The summed E-state index contributed by atoms with van der Waals surface area (Å²) in [6.07, 6.45) is 0.538. The molecule has 0 radical (unpaired) electrons. The predicted molar refractivity (Wildman–Crippen MR) is 64.3 cm³/mol. The predicted octanol–water partition coefficient (Wildman–Crippen LogP) is 2.40. The summed E-state index contributed by atoms with van der Waals surface area (Å²) in [5.41, 5.74) is 0.274. The number of halogens is 1. The van der Waals surface area contributed by atoms with Gasteiger partial charge in [-0.1, -0.05) is 6.07 Å². The fraction of sp³-hybridized carbons (Fsp3) is 0.462. The van der Waals surface area contributed by atoms with Crippen LogP contribution in [0.15, 0.2) is 18.2 Å². The number of nitrogens with one attached hydrogen (secondary N) is 1. The summed E-state index contributed by atoms with van der Waals surface area (Å²) in [7, 11) is 1.73. The zero-order valence-corrected chi connectivity index (χ0v) is 10.4. The van der Waals surface area contributed by atoms with Gasteiger partial charge in [0.2, 0.25) is 0 Å². The molecule has 92 valence electrons. The Kier molecular flexibility index (Phi) is 4.47. The fourth-order valence-electron chi connectivity index (χ4n) is 1.33. The van der Waals surface area contributed by atoms with Crippen molar-refractivity contribution in [1.82, 2.24) is 5.32 Å². The molecule has 0 saturated heterocycles. The van der Waals surface area contributed by atoms with Crippen LogP contribution in [0.3, 0.4) is 0 Å². The van der Waals surface area contributed by atoms with Gasteiger partial charge in [-0.3, -0.25) is 0 Å². The first-order valence-electron chi connectivity index (χ1n) is 5.50. The second kappa shape index (κ2) is 5.65. The SMILES string of the molecule is CNC(C)(C#N)CCOc1cc(F)ccc1C. The number of rotatable bonds is 5. The molecule has 0 bridgehead atoms. The zero-order valence-electron chi connectivity index (χ0n) is 10.4. The van der Waals surface area contributed by atoms with E-state index in [1.807, 2.05) is 6.92 Å². The first-order chi connectivity index (χ1) is 8.00. The number of hydrogen-bond donors (Lipinski definition) is 1. The lowest BCUT2D eigenvalue weighted by atomic mass is 10.0. The molecular weight excluding hydrogens is 219 g/mol. The number of nitrogens with zero attached hydrogens (tertiary/aromatic N) is 1. The average Bonchev–Trinajstić information content (AvgIpc) is 2.33. The molecule has 4 heteroatoms. The lowest BCUT2D eigenvalue weighted by molar-refractivity contribution is 0.270. The number of hydrogen-bond acceptors (Lipinski definition) is 3. The summed E-state index contributed by atoms with van der Waals surface area (Å²) in [5.74, 6) is 0.212. The Hall–Kier alpha value is -1.60. The lowest BCUT2D eigenvalue weighted by Crippen LogP contribution is -2.39. The van der Waals surface area contributed by atoms with Crippen LogP contribution in [0.1, 0.15) is 18.9 Å². The Balaban J connectivity index is 2.57. The van der Waals surface area contributed by atoms with Gasteiger partial charge in [-0.15, -0.1) is 0 Å². The summed E-state index contributed by atoms with van der Waals surface area (Å²) in [6.45, 7) is 4.03. The van der Waals surface area contributed by atoms with Crippen molar-refractivity contribution in [3.8, 4) is 11.8 Å². The van der Waals surface area contributed by atoms with Gasteiger partial charge in [0.05, 0.1) is 12.7 Å². The third kappa shape index (κ3) is 3.72. The van der Waals surface area contributed by atoms with Crippen molar-refractivity contribution in [2.75, 3.05) is 13.7 Å². The molecule has 0 aliphatic carbocycles. The van der Waals surface area contributed by atoms with Gasteiger partial charge in [0.25, 0.3) is 0 Å². The van der Waals surface area contributed by atoms with E-state index in [1.165, 1.54) is 12.1 Å². The van der Waals surface area contributed by atoms with Crippen LogP contribution < -0.4 is 10.1 Å². The second-order valence-electron chi connectivity index (χ2n) is 4.20. The first-order valence-corrected chi connectivity index (χ1v) is 5.50. The standard InChI is InChI=1S/C13H17FN2O/c1-10-4-5-11(14)8-12(10)17-7-6-13(2,9-15)16-3/h4-5,8,16H,6-7H2,1-3H3. The Morgan fingerprint density at radius 1 is 1.53 bits per heavy atom. The molecule has 0 amide bonds. The summed E-state index contributed by atoms with van der Waals surface area (Å²) >= 11 is 0. The highest BCUT2D eigenvalue weighted by Gasteiger charge is 2.20. The molecule has 3 nitrogen and oxygen atoms in total. The normalized spacial score (nSPS) is 13.8. The van der Waals surface area contributed by atoms with Crippen LogP contribution in [-0.4, -0.2) is 19.2 Å². The first kappa shape index (κ1) is 13.5. The summed E-state index contributed by atoms with van der Waals surface area (Å²) in [6, 6.07) is 6.61. The van der Waals surface area contributed by atoms with Gasteiger partial charge in [0.15, 0.2) is 0 Å². The Morgan fingerprint density at radius 2 is 2.24 bits per heavy atom.